The zero-order chi connectivity index (χ0) is 19.8. The van der Waals surface area contributed by atoms with Crippen LogP contribution in [0.2, 0.25) is 5.02 Å². The average Bonchev–Trinajstić information content (AvgIpc) is 2.62. The van der Waals surface area contributed by atoms with E-state index in [1.54, 1.807) is 7.05 Å². The van der Waals surface area contributed by atoms with Crippen LogP contribution in [-0.2, 0) is 16.1 Å². The first kappa shape index (κ1) is 21.0. The average molecular weight is 394 g/mol. The molecular weight excluding hydrogens is 366 g/mol. The first-order valence-electron chi connectivity index (χ1n) is 9.16. The molecule has 0 atom stereocenters. The van der Waals surface area contributed by atoms with Crippen LogP contribution in [0.1, 0.15) is 25.8 Å². The number of nitrogens with zero attached hydrogens (tertiary/aromatic N) is 3. The molecule has 2 N–H and O–H groups in total. The van der Waals surface area contributed by atoms with E-state index < -0.39 is 0 Å². The number of hydrogen-bond acceptors (Lipinski definition) is 3. The Bertz CT molecular complexity index is 675. The maximum absolute atomic E-state index is 12.5. The van der Waals surface area contributed by atoms with Gasteiger partial charge in [0, 0.05) is 50.7 Å². The van der Waals surface area contributed by atoms with Gasteiger partial charge in [0.15, 0.2) is 5.96 Å². The van der Waals surface area contributed by atoms with Crippen molar-refractivity contribution in [2.45, 2.75) is 32.9 Å². The Balaban J connectivity index is 1.81. The molecule has 1 aromatic carbocycles. The van der Waals surface area contributed by atoms with Gasteiger partial charge in [-0.1, -0.05) is 23.7 Å². The second-order valence-electron chi connectivity index (χ2n) is 6.81. The van der Waals surface area contributed by atoms with Crippen molar-refractivity contribution in [1.29, 1.82) is 0 Å². The highest BCUT2D eigenvalue weighted by molar-refractivity contribution is 6.30. The van der Waals surface area contributed by atoms with Crippen molar-refractivity contribution in [3.05, 3.63) is 34.9 Å². The molecule has 8 heteroatoms. The molecular formula is C19H28ClN5O2. The summed E-state index contributed by atoms with van der Waals surface area (Å²) in [6.45, 7) is 6.49. The van der Waals surface area contributed by atoms with Crippen molar-refractivity contribution in [2.75, 3.05) is 33.2 Å². The quantitative estimate of drug-likeness (QED) is 0.567. The first-order valence-corrected chi connectivity index (χ1v) is 9.54. The van der Waals surface area contributed by atoms with E-state index >= 15 is 0 Å². The topological polar surface area (TPSA) is 77.0 Å². The summed E-state index contributed by atoms with van der Waals surface area (Å²) < 4.78 is 0. The minimum Gasteiger partial charge on any atom is -0.356 e. The number of carbonyl (C=O) groups is 2. The Kier molecular flexibility index (Phi) is 7.91. The van der Waals surface area contributed by atoms with Crippen molar-refractivity contribution in [3.63, 3.8) is 0 Å². The van der Waals surface area contributed by atoms with Gasteiger partial charge in [0.1, 0.15) is 0 Å². The van der Waals surface area contributed by atoms with Gasteiger partial charge in [-0.3, -0.25) is 14.6 Å². The first-order chi connectivity index (χ1) is 12.9. The summed E-state index contributed by atoms with van der Waals surface area (Å²) in [7, 11) is 1.68. The third-order valence-electron chi connectivity index (χ3n) is 4.20. The van der Waals surface area contributed by atoms with E-state index in [-0.39, 0.29) is 24.4 Å². The molecule has 1 aromatic rings. The highest BCUT2D eigenvalue weighted by Gasteiger charge is 2.25. The third-order valence-corrected chi connectivity index (χ3v) is 4.45. The lowest BCUT2D eigenvalue weighted by atomic mass is 10.2. The van der Waals surface area contributed by atoms with Crippen LogP contribution < -0.4 is 10.6 Å². The molecule has 148 valence electrons. The van der Waals surface area contributed by atoms with Gasteiger partial charge in [-0.25, -0.2) is 0 Å². The number of amides is 2. The van der Waals surface area contributed by atoms with Gasteiger partial charge in [-0.2, -0.15) is 0 Å². The lowest BCUT2D eigenvalue weighted by molar-refractivity contribution is -0.135. The molecule has 0 radical (unpaired) electrons. The Morgan fingerprint density at radius 1 is 1.26 bits per heavy atom. The Morgan fingerprint density at radius 2 is 1.96 bits per heavy atom. The van der Waals surface area contributed by atoms with Crippen LogP contribution in [0.25, 0.3) is 0 Å². The highest BCUT2D eigenvalue weighted by Crippen LogP contribution is 2.13. The van der Waals surface area contributed by atoms with Crippen molar-refractivity contribution >= 4 is 29.4 Å². The predicted octanol–water partition coefficient (Wildman–Crippen LogP) is 1.47. The number of halogens is 1. The number of hydrogen-bond donors (Lipinski definition) is 2. The fourth-order valence-electron chi connectivity index (χ4n) is 2.88. The number of benzene rings is 1. The van der Waals surface area contributed by atoms with E-state index in [9.17, 15) is 9.59 Å². The molecule has 27 heavy (non-hydrogen) atoms. The minimum absolute atomic E-state index is 0.00295. The maximum Gasteiger partial charge on any atom is 0.242 e. The van der Waals surface area contributed by atoms with Crippen LogP contribution in [0.15, 0.2) is 29.3 Å². The molecule has 0 aliphatic carbocycles. The summed E-state index contributed by atoms with van der Waals surface area (Å²) in [5, 5.41) is 6.70. The molecule has 1 aliphatic heterocycles. The molecule has 2 amide bonds. The second-order valence-corrected chi connectivity index (χ2v) is 7.25. The number of carbonyl (C=O) groups excluding carboxylic acids is 2. The molecule has 1 fully saturated rings. The largest absolute Gasteiger partial charge is 0.356 e. The fourth-order valence-corrected chi connectivity index (χ4v) is 3.01. The molecule has 0 spiro atoms. The van der Waals surface area contributed by atoms with Crippen LogP contribution in [0.4, 0.5) is 0 Å². The molecule has 0 saturated carbocycles. The zero-order valence-electron chi connectivity index (χ0n) is 16.2. The summed E-state index contributed by atoms with van der Waals surface area (Å²) in [5.41, 5.74) is 1.06. The van der Waals surface area contributed by atoms with Gasteiger partial charge >= 0.3 is 0 Å². The van der Waals surface area contributed by atoms with Gasteiger partial charge in [-0.15, -0.1) is 0 Å². The summed E-state index contributed by atoms with van der Waals surface area (Å²) in [5.74, 6) is 0.695. The molecule has 2 rings (SSSR count). The number of piperazine rings is 1. The predicted molar refractivity (Wildman–Crippen MR) is 108 cm³/mol. The monoisotopic (exact) mass is 393 g/mol. The molecule has 1 saturated heterocycles. The maximum atomic E-state index is 12.5. The minimum atomic E-state index is -0.00295. The molecule has 0 aromatic heterocycles. The second kappa shape index (κ2) is 10.2. The third kappa shape index (κ3) is 6.75. The molecule has 7 nitrogen and oxygen atoms in total. The number of aliphatic imine (C=N–C) groups is 1. The summed E-state index contributed by atoms with van der Waals surface area (Å²) in [4.78, 5) is 32.2. The van der Waals surface area contributed by atoms with Crippen LogP contribution in [-0.4, -0.2) is 66.8 Å². The van der Waals surface area contributed by atoms with Gasteiger partial charge in [0.25, 0.3) is 0 Å². The van der Waals surface area contributed by atoms with Crippen molar-refractivity contribution in [1.82, 2.24) is 20.4 Å². The molecule has 0 bridgehead atoms. The zero-order valence-corrected chi connectivity index (χ0v) is 16.9. The normalized spacial score (nSPS) is 15.3. The Hall–Kier alpha value is -2.28. The van der Waals surface area contributed by atoms with Gasteiger partial charge in [0.2, 0.25) is 11.8 Å². The van der Waals surface area contributed by atoms with Gasteiger partial charge in [0.05, 0.1) is 6.54 Å². The van der Waals surface area contributed by atoms with Crippen LogP contribution in [0.5, 0.6) is 0 Å². The van der Waals surface area contributed by atoms with Gasteiger partial charge < -0.3 is 20.4 Å². The number of rotatable bonds is 6. The number of guanidine groups is 1. The molecule has 1 heterocycles. The van der Waals surface area contributed by atoms with E-state index in [1.807, 2.05) is 47.9 Å². The number of nitrogens with one attached hydrogen (secondary N) is 2. The van der Waals surface area contributed by atoms with Crippen LogP contribution in [0, 0.1) is 0 Å². The lowest BCUT2D eigenvalue weighted by Gasteiger charge is -2.36. The van der Waals surface area contributed by atoms with Crippen molar-refractivity contribution < 1.29 is 9.59 Å². The van der Waals surface area contributed by atoms with E-state index in [4.69, 9.17) is 11.6 Å². The summed E-state index contributed by atoms with van der Waals surface area (Å²) in [6.07, 6.45) is 0.363. The molecule has 0 unspecified atom stereocenters. The summed E-state index contributed by atoms with van der Waals surface area (Å²) in [6, 6.07) is 7.66. The van der Waals surface area contributed by atoms with E-state index in [0.717, 1.165) is 5.56 Å². The summed E-state index contributed by atoms with van der Waals surface area (Å²) >= 11 is 5.91. The van der Waals surface area contributed by atoms with E-state index in [0.29, 0.717) is 43.6 Å². The highest BCUT2D eigenvalue weighted by atomic mass is 35.5. The van der Waals surface area contributed by atoms with Crippen molar-refractivity contribution in [2.24, 2.45) is 4.99 Å². The van der Waals surface area contributed by atoms with Gasteiger partial charge in [-0.05, 0) is 31.5 Å². The Labute approximate surface area is 165 Å². The van der Waals surface area contributed by atoms with Crippen molar-refractivity contribution in [3.8, 4) is 0 Å². The van der Waals surface area contributed by atoms with Crippen LogP contribution in [0.3, 0.4) is 0 Å². The smallest absolute Gasteiger partial charge is 0.242 e. The standard InChI is InChI=1S/C19H28ClN5O2/c1-14(2)23-17(26)8-9-22-19(21-3)25-11-10-24(18(27)13-25)12-15-4-6-16(20)7-5-15/h4-7,14H,8-13H2,1-3H3,(H,21,22)(H,23,26). The van der Waals surface area contributed by atoms with E-state index in [2.05, 4.69) is 15.6 Å². The Morgan fingerprint density at radius 3 is 2.56 bits per heavy atom. The SMILES string of the molecule is CN=C(NCCC(=O)NC(C)C)N1CCN(Cc2ccc(Cl)cc2)C(=O)C1. The fraction of sp³-hybridized carbons (Fsp3) is 0.526. The molecule has 1 aliphatic rings. The van der Waals surface area contributed by atoms with E-state index in [1.165, 1.54) is 0 Å². The lowest BCUT2D eigenvalue weighted by Crippen LogP contribution is -2.55. The van der Waals surface area contributed by atoms with Crippen LogP contribution >= 0.6 is 11.6 Å².